The second-order valence-electron chi connectivity index (χ2n) is 4.68. The first-order valence-corrected chi connectivity index (χ1v) is 8.51. The zero-order valence-corrected chi connectivity index (χ0v) is 13.4. The minimum Gasteiger partial charge on any atom is -0.322 e. The van der Waals surface area contributed by atoms with Crippen molar-refractivity contribution in [2.75, 3.05) is 11.6 Å². The van der Waals surface area contributed by atoms with E-state index in [9.17, 15) is 23.3 Å². The normalized spacial score (nSPS) is 11.0. The Bertz CT molecular complexity index is 896. The van der Waals surface area contributed by atoms with Gasteiger partial charge < -0.3 is 5.32 Å². The number of sulfone groups is 1. The lowest BCUT2D eigenvalue weighted by Crippen LogP contribution is -2.13. The first-order valence-electron chi connectivity index (χ1n) is 6.24. The van der Waals surface area contributed by atoms with Gasteiger partial charge in [-0.05, 0) is 24.3 Å². The van der Waals surface area contributed by atoms with Crippen LogP contribution >= 0.6 is 11.6 Å². The lowest BCUT2D eigenvalue weighted by Gasteiger charge is -2.08. The van der Waals surface area contributed by atoms with E-state index in [-0.39, 0.29) is 26.9 Å². The Morgan fingerprint density at radius 1 is 1.22 bits per heavy atom. The third-order valence-electron chi connectivity index (χ3n) is 2.93. The quantitative estimate of drug-likeness (QED) is 0.671. The molecular weight excluding hydrogens is 344 g/mol. The molecule has 0 unspecified atom stereocenters. The van der Waals surface area contributed by atoms with Crippen LogP contribution in [-0.4, -0.2) is 25.5 Å². The summed E-state index contributed by atoms with van der Waals surface area (Å²) in [6, 6.07) is 9.14. The molecule has 0 aromatic heterocycles. The summed E-state index contributed by atoms with van der Waals surface area (Å²) < 4.78 is 23.0. The van der Waals surface area contributed by atoms with Crippen molar-refractivity contribution in [3.05, 3.63) is 63.2 Å². The maximum atomic E-state index is 12.2. The fraction of sp³-hybridized carbons (Fsp3) is 0.0714. The highest BCUT2D eigenvalue weighted by Crippen LogP contribution is 2.23. The van der Waals surface area contributed by atoms with Crippen LogP contribution in [0.25, 0.3) is 0 Å². The van der Waals surface area contributed by atoms with Gasteiger partial charge in [-0.3, -0.25) is 14.9 Å². The average Bonchev–Trinajstić information content (AvgIpc) is 2.46. The number of anilines is 1. The summed E-state index contributed by atoms with van der Waals surface area (Å²) in [5, 5.41) is 13.3. The molecule has 120 valence electrons. The fourth-order valence-corrected chi connectivity index (χ4v) is 2.67. The number of rotatable bonds is 4. The molecule has 2 aromatic rings. The number of hydrogen-bond acceptors (Lipinski definition) is 5. The Hall–Kier alpha value is -2.45. The van der Waals surface area contributed by atoms with E-state index < -0.39 is 20.7 Å². The van der Waals surface area contributed by atoms with E-state index in [1.807, 2.05) is 0 Å². The molecule has 2 rings (SSSR count). The van der Waals surface area contributed by atoms with Crippen LogP contribution in [0.3, 0.4) is 0 Å². The van der Waals surface area contributed by atoms with Crippen LogP contribution in [0.1, 0.15) is 10.4 Å². The van der Waals surface area contributed by atoms with Crippen LogP contribution in [0.2, 0.25) is 5.02 Å². The average molecular weight is 355 g/mol. The van der Waals surface area contributed by atoms with Gasteiger partial charge in [0, 0.05) is 24.1 Å². The molecule has 0 spiro atoms. The van der Waals surface area contributed by atoms with Crippen molar-refractivity contribution in [1.29, 1.82) is 0 Å². The van der Waals surface area contributed by atoms with E-state index in [0.29, 0.717) is 0 Å². The predicted octanol–water partition coefficient (Wildman–Crippen LogP) is 2.90. The summed E-state index contributed by atoms with van der Waals surface area (Å²) in [5.74, 6) is -0.677. The first-order chi connectivity index (χ1) is 10.7. The molecule has 0 fully saturated rings. The van der Waals surface area contributed by atoms with Crippen LogP contribution in [0.4, 0.5) is 11.4 Å². The number of benzene rings is 2. The van der Waals surface area contributed by atoms with Gasteiger partial charge >= 0.3 is 0 Å². The molecule has 23 heavy (non-hydrogen) atoms. The van der Waals surface area contributed by atoms with E-state index in [0.717, 1.165) is 12.3 Å². The Labute approximate surface area is 137 Å². The molecule has 0 saturated carbocycles. The molecule has 0 saturated heterocycles. The SMILES string of the molecule is CS(=O)(=O)c1cccc(NC(=O)c2cc([N+](=O)[O-])ccc2Cl)c1. The van der Waals surface area contributed by atoms with Crippen molar-refractivity contribution in [2.24, 2.45) is 0 Å². The van der Waals surface area contributed by atoms with E-state index in [4.69, 9.17) is 11.6 Å². The van der Waals surface area contributed by atoms with Crippen LogP contribution in [-0.2, 0) is 9.84 Å². The molecule has 1 amide bonds. The highest BCUT2D eigenvalue weighted by Gasteiger charge is 2.16. The number of halogens is 1. The molecule has 9 heteroatoms. The van der Waals surface area contributed by atoms with Crippen molar-refractivity contribution in [3.63, 3.8) is 0 Å². The molecule has 0 aliphatic carbocycles. The molecule has 7 nitrogen and oxygen atoms in total. The number of carbonyl (C=O) groups excluding carboxylic acids is 1. The van der Waals surface area contributed by atoms with Gasteiger partial charge in [-0.15, -0.1) is 0 Å². The molecule has 0 bridgehead atoms. The van der Waals surface area contributed by atoms with Crippen LogP contribution in [0.5, 0.6) is 0 Å². The number of nitro benzene ring substituents is 1. The van der Waals surface area contributed by atoms with E-state index in [1.54, 1.807) is 0 Å². The topological polar surface area (TPSA) is 106 Å². The summed E-state index contributed by atoms with van der Waals surface area (Å²) in [7, 11) is -3.42. The van der Waals surface area contributed by atoms with Crippen molar-refractivity contribution >= 4 is 38.7 Å². The van der Waals surface area contributed by atoms with Gasteiger partial charge in [-0.2, -0.15) is 0 Å². The summed E-state index contributed by atoms with van der Waals surface area (Å²) in [6.45, 7) is 0. The largest absolute Gasteiger partial charge is 0.322 e. The molecular formula is C14H11ClN2O5S. The molecule has 0 radical (unpaired) electrons. The van der Waals surface area contributed by atoms with Crippen LogP contribution in [0, 0.1) is 10.1 Å². The summed E-state index contributed by atoms with van der Waals surface area (Å²) in [4.78, 5) is 22.4. The maximum absolute atomic E-state index is 12.2. The zero-order chi connectivity index (χ0) is 17.2. The van der Waals surface area contributed by atoms with Crippen molar-refractivity contribution < 1.29 is 18.1 Å². The Morgan fingerprint density at radius 3 is 2.52 bits per heavy atom. The highest BCUT2D eigenvalue weighted by molar-refractivity contribution is 7.90. The smallest absolute Gasteiger partial charge is 0.270 e. The summed E-state index contributed by atoms with van der Waals surface area (Å²) >= 11 is 5.89. The Kier molecular flexibility index (Phi) is 4.67. The standard InChI is InChI=1S/C14H11ClN2O5S/c1-23(21,22)11-4-2-3-9(7-11)16-14(18)12-8-10(17(19)20)5-6-13(12)15/h2-8H,1H3,(H,16,18). The van der Waals surface area contributed by atoms with Crippen LogP contribution in [0.15, 0.2) is 47.4 Å². The predicted molar refractivity (Wildman–Crippen MR) is 85.6 cm³/mol. The minimum absolute atomic E-state index is 0.0421. The van der Waals surface area contributed by atoms with Gasteiger partial charge in [-0.25, -0.2) is 8.42 Å². The maximum Gasteiger partial charge on any atom is 0.270 e. The number of hydrogen-bond donors (Lipinski definition) is 1. The molecule has 0 aliphatic rings. The van der Waals surface area contributed by atoms with Crippen LogP contribution < -0.4 is 5.32 Å². The number of nitrogens with zero attached hydrogens (tertiary/aromatic N) is 1. The molecule has 0 atom stereocenters. The van der Waals surface area contributed by atoms with Gasteiger partial charge in [0.1, 0.15) is 0 Å². The van der Waals surface area contributed by atoms with E-state index in [2.05, 4.69) is 5.32 Å². The van der Waals surface area contributed by atoms with Crippen molar-refractivity contribution in [3.8, 4) is 0 Å². The highest BCUT2D eigenvalue weighted by atomic mass is 35.5. The van der Waals surface area contributed by atoms with Gasteiger partial charge in [0.2, 0.25) is 0 Å². The number of amides is 1. The van der Waals surface area contributed by atoms with Crippen molar-refractivity contribution in [1.82, 2.24) is 0 Å². The van der Waals surface area contributed by atoms with Gasteiger partial charge in [-0.1, -0.05) is 17.7 Å². The third kappa shape index (κ3) is 4.05. The lowest BCUT2D eigenvalue weighted by atomic mass is 10.2. The number of nitro groups is 1. The second-order valence-corrected chi connectivity index (χ2v) is 7.10. The lowest BCUT2D eigenvalue weighted by molar-refractivity contribution is -0.384. The Morgan fingerprint density at radius 2 is 1.91 bits per heavy atom. The van der Waals surface area contributed by atoms with Gasteiger partial charge in [0.05, 0.1) is 20.4 Å². The second kappa shape index (κ2) is 6.35. The van der Waals surface area contributed by atoms with Gasteiger partial charge in [0.15, 0.2) is 9.84 Å². The Balaban J connectivity index is 2.33. The number of carbonyl (C=O) groups is 1. The monoisotopic (exact) mass is 354 g/mol. The molecule has 1 N–H and O–H groups in total. The third-order valence-corrected chi connectivity index (χ3v) is 4.37. The summed E-state index contributed by atoms with van der Waals surface area (Å²) in [6.07, 6.45) is 1.05. The molecule has 0 aliphatic heterocycles. The molecule has 2 aromatic carbocycles. The van der Waals surface area contributed by atoms with E-state index >= 15 is 0 Å². The molecule has 0 heterocycles. The first kappa shape index (κ1) is 16.9. The van der Waals surface area contributed by atoms with Crippen molar-refractivity contribution in [2.45, 2.75) is 4.90 Å². The fourth-order valence-electron chi connectivity index (χ4n) is 1.80. The minimum atomic E-state index is -3.42. The van der Waals surface area contributed by atoms with Gasteiger partial charge in [0.25, 0.3) is 11.6 Å². The number of non-ortho nitro benzene ring substituents is 1. The van der Waals surface area contributed by atoms with E-state index in [1.165, 1.54) is 36.4 Å². The zero-order valence-electron chi connectivity index (χ0n) is 11.8. The number of nitrogens with one attached hydrogen (secondary N) is 1. The summed E-state index contributed by atoms with van der Waals surface area (Å²) in [5.41, 5.74) is -0.115.